The minimum atomic E-state index is -1.73. The number of carbonyl (C=O) groups is 2. The molecule has 1 fully saturated rings. The third-order valence-corrected chi connectivity index (χ3v) is 8.33. The number of pyridine rings is 1. The maximum atomic E-state index is 15.3. The Bertz CT molecular complexity index is 1960. The zero-order valence-corrected chi connectivity index (χ0v) is 24.8. The summed E-state index contributed by atoms with van der Waals surface area (Å²) in [5.74, 6) is -6.74. The SMILES string of the molecule is CC1Cc2nc3c(c(-c4cc(C(N)=O)c(O)c(F)c4F)cn3CC(=O)Nc3cc(N4CCOCC4C)nc(F)c3Cl)c(=O)n2C1. The molecule has 4 aromatic rings. The zero-order chi connectivity index (χ0) is 32.3. The summed E-state index contributed by atoms with van der Waals surface area (Å²) in [6.07, 6.45) is 1.67. The number of primary amides is 1. The molecule has 1 saturated heterocycles. The number of halogens is 4. The number of aromatic nitrogens is 4. The summed E-state index contributed by atoms with van der Waals surface area (Å²) in [4.78, 5) is 49.3. The van der Waals surface area contributed by atoms with Crippen molar-refractivity contribution in [2.24, 2.45) is 11.7 Å². The van der Waals surface area contributed by atoms with Crippen LogP contribution in [0.15, 0.2) is 23.1 Å². The molecule has 4 N–H and O–H groups in total. The molecule has 2 atom stereocenters. The summed E-state index contributed by atoms with van der Waals surface area (Å²) in [6, 6.07) is 2.15. The Labute approximate surface area is 258 Å². The van der Waals surface area contributed by atoms with Crippen LogP contribution in [-0.4, -0.2) is 61.8 Å². The number of nitrogens with zero attached hydrogens (tertiary/aromatic N) is 5. The lowest BCUT2D eigenvalue weighted by atomic mass is 10.0. The van der Waals surface area contributed by atoms with Crippen molar-refractivity contribution < 1.29 is 32.6 Å². The van der Waals surface area contributed by atoms with Gasteiger partial charge in [0.1, 0.15) is 28.9 Å². The molecule has 6 rings (SSSR count). The molecule has 0 spiro atoms. The highest BCUT2D eigenvalue weighted by Crippen LogP contribution is 2.37. The molecule has 5 heterocycles. The number of amides is 2. The van der Waals surface area contributed by atoms with Crippen LogP contribution in [-0.2, 0) is 29.0 Å². The maximum Gasteiger partial charge on any atom is 0.263 e. The summed E-state index contributed by atoms with van der Waals surface area (Å²) >= 11 is 6.16. The Morgan fingerprint density at radius 2 is 1.93 bits per heavy atom. The molecule has 0 bridgehead atoms. The van der Waals surface area contributed by atoms with E-state index in [-0.39, 0.29) is 40.1 Å². The number of hydrogen-bond acceptors (Lipinski definition) is 8. The fourth-order valence-corrected chi connectivity index (χ4v) is 5.95. The Morgan fingerprint density at radius 1 is 1.18 bits per heavy atom. The third-order valence-electron chi connectivity index (χ3n) is 7.97. The van der Waals surface area contributed by atoms with E-state index in [0.29, 0.717) is 38.5 Å². The number of hydrogen-bond donors (Lipinski definition) is 3. The van der Waals surface area contributed by atoms with Crippen LogP contribution in [0.1, 0.15) is 30.0 Å². The summed E-state index contributed by atoms with van der Waals surface area (Å²) < 4.78 is 52.9. The van der Waals surface area contributed by atoms with Gasteiger partial charge in [0.05, 0.1) is 35.9 Å². The van der Waals surface area contributed by atoms with Gasteiger partial charge in [-0.05, 0) is 18.9 Å². The van der Waals surface area contributed by atoms with Gasteiger partial charge in [-0.1, -0.05) is 18.5 Å². The lowest BCUT2D eigenvalue weighted by Gasteiger charge is -2.34. The molecule has 2 aliphatic heterocycles. The van der Waals surface area contributed by atoms with Crippen molar-refractivity contribution in [3.63, 3.8) is 0 Å². The number of rotatable bonds is 6. The smallest absolute Gasteiger partial charge is 0.263 e. The van der Waals surface area contributed by atoms with Gasteiger partial charge in [-0.2, -0.15) is 8.78 Å². The van der Waals surface area contributed by atoms with Crippen LogP contribution in [0.3, 0.4) is 0 Å². The first-order valence-electron chi connectivity index (χ1n) is 14.0. The van der Waals surface area contributed by atoms with Crippen molar-refractivity contribution in [2.75, 3.05) is 30.0 Å². The summed E-state index contributed by atoms with van der Waals surface area (Å²) in [5.41, 5.74) is 3.22. The van der Waals surface area contributed by atoms with Gasteiger partial charge < -0.3 is 30.4 Å². The van der Waals surface area contributed by atoms with E-state index in [1.54, 1.807) is 0 Å². The molecule has 1 aromatic carbocycles. The topological polar surface area (TPSA) is 158 Å². The standard InChI is InChI=1S/C29H27ClF3N7O5/c1-12-5-18-37-28-21(29(44)40(18)8-12)16(14-6-15(27(34)43)25(42)24(32)23(14)31)9-38(28)10-20(41)35-17-7-19(36-26(33)22(17)30)39-3-4-45-11-13(39)2/h6-7,9,12-13,42H,3-5,8,10-11H2,1-2H3,(H2,34,43)(H,35,36,41). The molecule has 45 heavy (non-hydrogen) atoms. The number of phenols is 1. The number of nitrogens with two attached hydrogens (primary N) is 1. The van der Waals surface area contributed by atoms with E-state index in [1.807, 2.05) is 18.7 Å². The van der Waals surface area contributed by atoms with E-state index in [0.717, 1.165) is 6.07 Å². The van der Waals surface area contributed by atoms with Crippen molar-refractivity contribution in [2.45, 2.75) is 39.4 Å². The molecule has 0 aliphatic carbocycles. The number of morpholine rings is 1. The zero-order valence-electron chi connectivity index (χ0n) is 24.0. The molecule has 236 valence electrons. The first kappa shape index (κ1) is 30.4. The molecule has 2 unspecified atom stereocenters. The predicted octanol–water partition coefficient (Wildman–Crippen LogP) is 3.19. The fraction of sp³-hybridized carbons (Fsp3) is 0.345. The minimum absolute atomic E-state index is 0.00570. The van der Waals surface area contributed by atoms with Crippen molar-refractivity contribution in [1.29, 1.82) is 0 Å². The number of benzene rings is 1. The first-order chi connectivity index (χ1) is 21.3. The van der Waals surface area contributed by atoms with Crippen molar-refractivity contribution in [3.8, 4) is 16.9 Å². The normalized spacial score (nSPS) is 18.0. The highest BCUT2D eigenvalue weighted by atomic mass is 35.5. The number of fused-ring (bicyclic) bond motifs is 2. The summed E-state index contributed by atoms with van der Waals surface area (Å²) in [5, 5.41) is 12.0. The van der Waals surface area contributed by atoms with Gasteiger partial charge in [0.2, 0.25) is 17.7 Å². The molecular weight excluding hydrogens is 619 g/mol. The van der Waals surface area contributed by atoms with E-state index >= 15 is 4.39 Å². The average Bonchev–Trinajstić information content (AvgIpc) is 3.54. The van der Waals surface area contributed by atoms with Crippen LogP contribution in [0, 0.1) is 23.5 Å². The van der Waals surface area contributed by atoms with E-state index < -0.39 is 63.4 Å². The number of carbonyl (C=O) groups excluding carboxylic acids is 2. The van der Waals surface area contributed by atoms with E-state index in [1.165, 1.54) is 21.4 Å². The number of anilines is 2. The Kier molecular flexibility index (Phi) is 7.69. The summed E-state index contributed by atoms with van der Waals surface area (Å²) in [6.45, 7) is 4.87. The van der Waals surface area contributed by atoms with Gasteiger partial charge in [-0.15, -0.1) is 0 Å². The number of nitrogens with one attached hydrogen (secondary N) is 1. The largest absolute Gasteiger partial charge is 0.504 e. The number of aromatic hydroxyl groups is 1. The van der Waals surface area contributed by atoms with Crippen LogP contribution in [0.2, 0.25) is 5.02 Å². The Hall–Kier alpha value is -4.63. The van der Waals surface area contributed by atoms with Crippen LogP contribution in [0.25, 0.3) is 22.2 Å². The molecule has 0 radical (unpaired) electrons. The molecule has 16 heteroatoms. The predicted molar refractivity (Wildman–Crippen MR) is 158 cm³/mol. The van der Waals surface area contributed by atoms with E-state index in [4.69, 9.17) is 22.1 Å². The first-order valence-corrected chi connectivity index (χ1v) is 14.4. The summed E-state index contributed by atoms with van der Waals surface area (Å²) in [7, 11) is 0. The van der Waals surface area contributed by atoms with Crippen molar-refractivity contribution >= 4 is 46.0 Å². The van der Waals surface area contributed by atoms with Crippen molar-refractivity contribution in [3.05, 3.63) is 62.7 Å². The van der Waals surface area contributed by atoms with E-state index in [9.17, 15) is 28.3 Å². The molecule has 3 aromatic heterocycles. The van der Waals surface area contributed by atoms with Crippen LogP contribution >= 0.6 is 11.6 Å². The molecule has 12 nitrogen and oxygen atoms in total. The van der Waals surface area contributed by atoms with E-state index in [2.05, 4.69) is 15.3 Å². The molecule has 0 saturated carbocycles. The van der Waals surface area contributed by atoms with Gasteiger partial charge in [0.15, 0.2) is 11.6 Å². The van der Waals surface area contributed by atoms with Crippen LogP contribution in [0.4, 0.5) is 24.7 Å². The third kappa shape index (κ3) is 5.25. The average molecular weight is 646 g/mol. The second-order valence-corrected chi connectivity index (χ2v) is 11.6. The maximum absolute atomic E-state index is 15.3. The minimum Gasteiger partial charge on any atom is -0.504 e. The Morgan fingerprint density at radius 3 is 2.64 bits per heavy atom. The van der Waals surface area contributed by atoms with Crippen molar-refractivity contribution in [1.82, 2.24) is 19.1 Å². The van der Waals surface area contributed by atoms with Crippen LogP contribution in [0.5, 0.6) is 5.75 Å². The van der Waals surface area contributed by atoms with Gasteiger partial charge >= 0.3 is 0 Å². The lowest BCUT2D eigenvalue weighted by Crippen LogP contribution is -2.44. The highest BCUT2D eigenvalue weighted by Gasteiger charge is 2.30. The lowest BCUT2D eigenvalue weighted by molar-refractivity contribution is -0.116. The molecule has 2 amide bonds. The Balaban J connectivity index is 1.43. The van der Waals surface area contributed by atoms with Gasteiger partial charge in [0, 0.05) is 42.9 Å². The fourth-order valence-electron chi connectivity index (χ4n) is 5.80. The van der Waals surface area contributed by atoms with Gasteiger partial charge in [-0.25, -0.2) is 14.4 Å². The second-order valence-electron chi connectivity index (χ2n) is 11.2. The number of ether oxygens (including phenoxy) is 1. The van der Waals surface area contributed by atoms with Crippen LogP contribution < -0.4 is 21.5 Å². The monoisotopic (exact) mass is 645 g/mol. The quantitative estimate of drug-likeness (QED) is 0.270. The second kappa shape index (κ2) is 11.4. The molecule has 2 aliphatic rings. The van der Waals surface area contributed by atoms with Gasteiger partial charge in [-0.3, -0.25) is 19.0 Å². The highest BCUT2D eigenvalue weighted by molar-refractivity contribution is 6.33. The van der Waals surface area contributed by atoms with Gasteiger partial charge in [0.25, 0.3) is 11.5 Å². The molecular formula is C29H27ClF3N7O5.